The molecule has 0 saturated heterocycles. The molecule has 0 spiro atoms. The van der Waals surface area contributed by atoms with Gasteiger partial charge in [-0.1, -0.05) is 18.2 Å². The van der Waals surface area contributed by atoms with Crippen molar-refractivity contribution in [3.8, 4) is 5.69 Å². The van der Waals surface area contributed by atoms with E-state index in [-0.39, 0.29) is 12.5 Å². The number of nitrogens with zero attached hydrogens (tertiary/aromatic N) is 4. The van der Waals surface area contributed by atoms with Crippen LogP contribution in [0.4, 0.5) is 0 Å². The monoisotopic (exact) mass is 353 g/mol. The zero-order chi connectivity index (χ0) is 18.7. The van der Waals surface area contributed by atoms with Crippen molar-refractivity contribution in [3.05, 3.63) is 65.2 Å². The van der Waals surface area contributed by atoms with Gasteiger partial charge in [-0.2, -0.15) is 10.2 Å². The number of aryl methyl sites for hydroxylation is 1. The molecule has 3 aromatic rings. The highest BCUT2D eigenvalue weighted by molar-refractivity contribution is 5.93. The summed E-state index contributed by atoms with van der Waals surface area (Å²) in [7, 11) is 0. The Labute approximate surface area is 150 Å². The number of aromatic nitrogens is 4. The highest BCUT2D eigenvalue weighted by atomic mass is 16.4. The first-order valence-corrected chi connectivity index (χ1v) is 8.08. The van der Waals surface area contributed by atoms with Crippen molar-refractivity contribution in [3.63, 3.8) is 0 Å². The Balaban J connectivity index is 1.72. The highest BCUT2D eigenvalue weighted by Gasteiger charge is 2.15. The number of carboxylic acid groups (broad SMARTS) is 1. The average molecular weight is 353 g/mol. The van der Waals surface area contributed by atoms with Gasteiger partial charge in [0, 0.05) is 24.0 Å². The summed E-state index contributed by atoms with van der Waals surface area (Å²) in [6.07, 6.45) is 2.77. The molecule has 0 aliphatic carbocycles. The van der Waals surface area contributed by atoms with E-state index in [0.717, 1.165) is 22.6 Å². The van der Waals surface area contributed by atoms with E-state index in [0.29, 0.717) is 12.1 Å². The number of para-hydroxylation sites is 1. The fraction of sp³-hybridized carbons (Fsp3) is 0.222. The second kappa shape index (κ2) is 7.22. The van der Waals surface area contributed by atoms with Crippen LogP contribution >= 0.6 is 0 Å². The number of carboxylic acids is 1. The molecule has 134 valence electrons. The number of nitrogens with one attached hydrogen (secondary N) is 1. The van der Waals surface area contributed by atoms with Crippen LogP contribution in [0, 0.1) is 13.8 Å². The minimum atomic E-state index is -1.01. The Morgan fingerprint density at radius 2 is 1.92 bits per heavy atom. The van der Waals surface area contributed by atoms with Gasteiger partial charge in [0.05, 0.1) is 23.1 Å². The fourth-order valence-electron chi connectivity index (χ4n) is 2.73. The van der Waals surface area contributed by atoms with Gasteiger partial charge in [0.2, 0.25) is 0 Å². The molecule has 0 bridgehead atoms. The molecular weight excluding hydrogens is 334 g/mol. The number of carbonyl (C=O) groups is 2. The normalized spacial score (nSPS) is 10.7. The first kappa shape index (κ1) is 17.4. The largest absolute Gasteiger partial charge is 0.480 e. The van der Waals surface area contributed by atoms with E-state index in [1.807, 2.05) is 48.9 Å². The molecule has 0 aliphatic heterocycles. The van der Waals surface area contributed by atoms with Crippen molar-refractivity contribution in [2.75, 3.05) is 0 Å². The number of rotatable bonds is 6. The van der Waals surface area contributed by atoms with Gasteiger partial charge in [-0.15, -0.1) is 0 Å². The van der Waals surface area contributed by atoms with Gasteiger partial charge in [0.1, 0.15) is 6.54 Å². The summed E-state index contributed by atoms with van der Waals surface area (Å²) in [5.41, 5.74) is 4.02. The standard InChI is InChI=1S/C18H19N5O3/c1-12-16(13(2)23(21-12)15-6-4-3-5-7-15)9-19-18(26)14-8-20-22(10-14)11-17(24)25/h3-8,10H,9,11H2,1-2H3,(H,19,26)(H,24,25). The lowest BCUT2D eigenvalue weighted by Gasteiger charge is -2.06. The maximum atomic E-state index is 12.3. The molecule has 2 heterocycles. The highest BCUT2D eigenvalue weighted by Crippen LogP contribution is 2.17. The van der Waals surface area contributed by atoms with Crippen molar-refractivity contribution < 1.29 is 14.7 Å². The van der Waals surface area contributed by atoms with E-state index in [2.05, 4.69) is 15.5 Å². The summed E-state index contributed by atoms with van der Waals surface area (Å²) >= 11 is 0. The summed E-state index contributed by atoms with van der Waals surface area (Å²) in [5, 5.41) is 20.0. The maximum absolute atomic E-state index is 12.3. The van der Waals surface area contributed by atoms with Crippen molar-refractivity contribution in [2.24, 2.45) is 0 Å². The van der Waals surface area contributed by atoms with E-state index >= 15 is 0 Å². The van der Waals surface area contributed by atoms with Crippen LogP contribution in [0.1, 0.15) is 27.3 Å². The topological polar surface area (TPSA) is 102 Å². The van der Waals surface area contributed by atoms with Crippen molar-refractivity contribution in [1.29, 1.82) is 0 Å². The summed E-state index contributed by atoms with van der Waals surface area (Å²) < 4.78 is 3.06. The Hall–Kier alpha value is -3.42. The van der Waals surface area contributed by atoms with Crippen LogP contribution in [0.2, 0.25) is 0 Å². The van der Waals surface area contributed by atoms with Gasteiger partial charge in [0.15, 0.2) is 0 Å². The second-order valence-electron chi connectivity index (χ2n) is 5.90. The lowest BCUT2D eigenvalue weighted by atomic mass is 10.2. The van der Waals surface area contributed by atoms with Crippen LogP contribution in [-0.4, -0.2) is 36.5 Å². The molecule has 0 aliphatic rings. The predicted octanol–water partition coefficient (Wildman–Crippen LogP) is 1.70. The molecule has 0 radical (unpaired) electrons. The smallest absolute Gasteiger partial charge is 0.325 e. The van der Waals surface area contributed by atoms with E-state index in [1.165, 1.54) is 17.1 Å². The van der Waals surface area contributed by atoms with Crippen LogP contribution in [0.3, 0.4) is 0 Å². The average Bonchev–Trinajstić information content (AvgIpc) is 3.18. The van der Waals surface area contributed by atoms with Crippen LogP contribution in [0.5, 0.6) is 0 Å². The zero-order valence-corrected chi connectivity index (χ0v) is 14.5. The molecule has 0 atom stereocenters. The first-order chi connectivity index (χ1) is 12.5. The number of carbonyl (C=O) groups excluding carboxylic acids is 1. The molecule has 8 heteroatoms. The Bertz CT molecular complexity index is 943. The molecule has 0 unspecified atom stereocenters. The molecule has 1 amide bonds. The van der Waals surface area contributed by atoms with E-state index < -0.39 is 5.97 Å². The van der Waals surface area contributed by atoms with E-state index in [9.17, 15) is 9.59 Å². The Morgan fingerprint density at radius 1 is 1.19 bits per heavy atom. The molecule has 1 aromatic carbocycles. The molecule has 2 aromatic heterocycles. The van der Waals surface area contributed by atoms with Gasteiger partial charge in [-0.3, -0.25) is 14.3 Å². The van der Waals surface area contributed by atoms with Crippen LogP contribution in [0.25, 0.3) is 5.69 Å². The molecule has 2 N–H and O–H groups in total. The number of aliphatic carboxylic acids is 1. The maximum Gasteiger partial charge on any atom is 0.325 e. The van der Waals surface area contributed by atoms with Crippen molar-refractivity contribution >= 4 is 11.9 Å². The fourth-order valence-corrected chi connectivity index (χ4v) is 2.73. The lowest BCUT2D eigenvalue weighted by Crippen LogP contribution is -2.23. The predicted molar refractivity (Wildman–Crippen MR) is 94.1 cm³/mol. The van der Waals surface area contributed by atoms with E-state index in [4.69, 9.17) is 5.11 Å². The minimum Gasteiger partial charge on any atom is -0.480 e. The molecule has 3 rings (SSSR count). The number of hydrogen-bond donors (Lipinski definition) is 2. The molecule has 0 saturated carbocycles. The molecular formula is C18H19N5O3. The van der Waals surface area contributed by atoms with Gasteiger partial charge in [-0.05, 0) is 26.0 Å². The summed E-state index contributed by atoms with van der Waals surface area (Å²) in [4.78, 5) is 23.0. The third kappa shape index (κ3) is 3.64. The van der Waals surface area contributed by atoms with Crippen molar-refractivity contribution in [1.82, 2.24) is 24.9 Å². The van der Waals surface area contributed by atoms with Gasteiger partial charge < -0.3 is 10.4 Å². The van der Waals surface area contributed by atoms with Gasteiger partial charge in [-0.25, -0.2) is 4.68 Å². The third-order valence-corrected chi connectivity index (χ3v) is 4.06. The summed E-state index contributed by atoms with van der Waals surface area (Å²) in [6, 6.07) is 9.78. The minimum absolute atomic E-state index is 0.282. The summed E-state index contributed by atoms with van der Waals surface area (Å²) in [5.74, 6) is -1.33. The van der Waals surface area contributed by atoms with Gasteiger partial charge in [0.25, 0.3) is 5.91 Å². The summed E-state index contributed by atoms with van der Waals surface area (Å²) in [6.45, 7) is 3.90. The van der Waals surface area contributed by atoms with Crippen LogP contribution in [0.15, 0.2) is 42.7 Å². The molecule has 26 heavy (non-hydrogen) atoms. The van der Waals surface area contributed by atoms with Crippen LogP contribution < -0.4 is 5.32 Å². The third-order valence-electron chi connectivity index (χ3n) is 4.06. The SMILES string of the molecule is Cc1nn(-c2ccccc2)c(C)c1CNC(=O)c1cnn(CC(=O)O)c1. The van der Waals surface area contributed by atoms with Gasteiger partial charge >= 0.3 is 5.97 Å². The quantitative estimate of drug-likeness (QED) is 0.702. The number of amides is 1. The van der Waals surface area contributed by atoms with Crippen molar-refractivity contribution in [2.45, 2.75) is 26.9 Å². The Morgan fingerprint density at radius 3 is 2.62 bits per heavy atom. The lowest BCUT2D eigenvalue weighted by molar-refractivity contribution is -0.137. The van der Waals surface area contributed by atoms with Crippen LogP contribution in [-0.2, 0) is 17.9 Å². The molecule has 8 nitrogen and oxygen atoms in total. The zero-order valence-electron chi connectivity index (χ0n) is 14.5. The van der Waals surface area contributed by atoms with E-state index in [1.54, 1.807) is 0 Å². The second-order valence-corrected chi connectivity index (χ2v) is 5.90. The molecule has 0 fully saturated rings. The first-order valence-electron chi connectivity index (χ1n) is 8.08. The Kier molecular flexibility index (Phi) is 4.83. The number of hydrogen-bond acceptors (Lipinski definition) is 4. The number of benzene rings is 1.